The van der Waals surface area contributed by atoms with Crippen LogP contribution in [0.25, 0.3) is 0 Å². The van der Waals surface area contributed by atoms with Gasteiger partial charge >= 0.3 is 0 Å². The van der Waals surface area contributed by atoms with Crippen LogP contribution >= 0.6 is 11.6 Å². The first-order valence-corrected chi connectivity index (χ1v) is 6.89. The minimum atomic E-state index is -3.64. The lowest BCUT2D eigenvalue weighted by molar-refractivity contribution is 0.577. The predicted octanol–water partition coefficient (Wildman–Crippen LogP) is 0.205. The first-order chi connectivity index (χ1) is 7.97. The lowest BCUT2D eigenvalue weighted by atomic mass is 10.4. The third-order valence-electron chi connectivity index (χ3n) is 2.03. The van der Waals surface area contributed by atoms with Gasteiger partial charge in [-0.1, -0.05) is 11.6 Å². The highest BCUT2D eigenvalue weighted by Gasteiger charge is 2.18. The minimum Gasteiger partial charge on any atom is -0.383 e. The number of rotatable bonds is 6. The third-order valence-corrected chi connectivity index (χ3v) is 3.73. The Kier molecular flexibility index (Phi) is 5.13. The maximum atomic E-state index is 11.9. The van der Waals surface area contributed by atoms with Gasteiger partial charge in [0.15, 0.2) is 0 Å². The molecule has 0 radical (unpaired) electrons. The van der Waals surface area contributed by atoms with Gasteiger partial charge in [0.2, 0.25) is 10.0 Å². The Labute approximate surface area is 106 Å². The predicted molar refractivity (Wildman–Crippen MR) is 67.4 cm³/mol. The Morgan fingerprint density at radius 3 is 2.82 bits per heavy atom. The molecule has 0 saturated carbocycles. The van der Waals surface area contributed by atoms with Gasteiger partial charge in [-0.25, -0.2) is 18.1 Å². The van der Waals surface area contributed by atoms with Crippen molar-refractivity contribution in [2.45, 2.75) is 11.3 Å². The third kappa shape index (κ3) is 4.12. The second-order valence-corrected chi connectivity index (χ2v) is 5.56. The van der Waals surface area contributed by atoms with Crippen molar-refractivity contribution in [1.29, 1.82) is 0 Å². The topological polar surface area (TPSA) is 97.1 Å². The zero-order chi connectivity index (χ0) is 12.9. The van der Waals surface area contributed by atoms with E-state index in [2.05, 4.69) is 15.0 Å². The average Bonchev–Trinajstić information content (AvgIpc) is 2.28. The van der Waals surface area contributed by atoms with Crippen molar-refractivity contribution in [3.05, 3.63) is 17.3 Å². The number of nitrogens with two attached hydrogens (primary N) is 1. The Morgan fingerprint density at radius 1 is 1.47 bits per heavy atom. The second-order valence-electron chi connectivity index (χ2n) is 3.39. The number of halogens is 1. The summed E-state index contributed by atoms with van der Waals surface area (Å²) in [7, 11) is -1.84. The van der Waals surface area contributed by atoms with E-state index >= 15 is 0 Å². The molecule has 1 rings (SSSR count). The number of pyridine rings is 1. The van der Waals surface area contributed by atoms with Crippen LogP contribution in [-0.4, -0.2) is 33.5 Å². The highest BCUT2D eigenvalue weighted by Crippen LogP contribution is 2.19. The molecule has 0 spiro atoms. The number of sulfonamides is 1. The molecule has 1 heterocycles. The molecule has 4 N–H and O–H groups in total. The molecule has 0 aliphatic heterocycles. The number of nitrogens with one attached hydrogen (secondary N) is 2. The van der Waals surface area contributed by atoms with Crippen LogP contribution in [0.1, 0.15) is 6.42 Å². The quantitative estimate of drug-likeness (QED) is 0.646. The van der Waals surface area contributed by atoms with Crippen molar-refractivity contribution < 1.29 is 8.42 Å². The van der Waals surface area contributed by atoms with Crippen molar-refractivity contribution in [2.75, 3.05) is 25.9 Å². The molecule has 0 fully saturated rings. The Morgan fingerprint density at radius 2 is 2.18 bits per heavy atom. The van der Waals surface area contributed by atoms with Crippen LogP contribution in [0.15, 0.2) is 17.2 Å². The van der Waals surface area contributed by atoms with Crippen LogP contribution in [0.5, 0.6) is 0 Å². The maximum absolute atomic E-state index is 11.9. The first-order valence-electron chi connectivity index (χ1n) is 5.02. The largest absolute Gasteiger partial charge is 0.383 e. The van der Waals surface area contributed by atoms with E-state index in [0.717, 1.165) is 6.54 Å². The molecule has 6 nitrogen and oxygen atoms in total. The number of nitrogen functional groups attached to an aromatic ring is 1. The summed E-state index contributed by atoms with van der Waals surface area (Å²) in [6.07, 6.45) is 1.99. The van der Waals surface area contributed by atoms with Crippen molar-refractivity contribution in [3.8, 4) is 0 Å². The van der Waals surface area contributed by atoms with Crippen molar-refractivity contribution in [3.63, 3.8) is 0 Å². The fourth-order valence-corrected chi connectivity index (χ4v) is 2.60. The van der Waals surface area contributed by atoms with Crippen molar-refractivity contribution in [1.82, 2.24) is 15.0 Å². The molecule has 0 unspecified atom stereocenters. The van der Waals surface area contributed by atoms with Crippen LogP contribution in [-0.2, 0) is 10.0 Å². The minimum absolute atomic E-state index is 0.0597. The van der Waals surface area contributed by atoms with E-state index in [0.29, 0.717) is 13.0 Å². The maximum Gasteiger partial charge on any atom is 0.244 e. The van der Waals surface area contributed by atoms with Gasteiger partial charge < -0.3 is 11.1 Å². The van der Waals surface area contributed by atoms with Crippen LogP contribution in [0.2, 0.25) is 5.02 Å². The van der Waals surface area contributed by atoms with E-state index in [9.17, 15) is 8.42 Å². The zero-order valence-corrected chi connectivity index (χ0v) is 11.0. The zero-order valence-electron chi connectivity index (χ0n) is 9.40. The summed E-state index contributed by atoms with van der Waals surface area (Å²) < 4.78 is 26.1. The SMILES string of the molecule is CNCCCNS(=O)(=O)c1cc(Cl)cnc1N. The number of hydrogen-bond acceptors (Lipinski definition) is 5. The molecule has 0 amide bonds. The van der Waals surface area contributed by atoms with Gasteiger partial charge in [-0.3, -0.25) is 0 Å². The summed E-state index contributed by atoms with van der Waals surface area (Å²) in [5.74, 6) is -0.0597. The molecule has 17 heavy (non-hydrogen) atoms. The molecule has 0 aromatic carbocycles. The van der Waals surface area contributed by atoms with E-state index in [1.165, 1.54) is 12.3 Å². The van der Waals surface area contributed by atoms with Gasteiger partial charge in [0.05, 0.1) is 5.02 Å². The van der Waals surface area contributed by atoms with Crippen LogP contribution in [0.4, 0.5) is 5.82 Å². The molecule has 0 aliphatic rings. The molecule has 96 valence electrons. The standard InChI is InChI=1S/C9H15ClN4O2S/c1-12-3-2-4-14-17(15,16)8-5-7(10)6-13-9(8)11/h5-6,12,14H,2-4H2,1H3,(H2,11,13). The number of nitrogens with zero attached hydrogens (tertiary/aromatic N) is 1. The van der Waals surface area contributed by atoms with Crippen molar-refractivity contribution in [2.24, 2.45) is 0 Å². The molecule has 1 aromatic heterocycles. The average molecular weight is 279 g/mol. The van der Waals surface area contributed by atoms with Gasteiger partial charge in [0, 0.05) is 12.7 Å². The summed E-state index contributed by atoms with van der Waals surface area (Å²) in [6.45, 7) is 1.06. The summed E-state index contributed by atoms with van der Waals surface area (Å²) in [5.41, 5.74) is 5.50. The Hall–Kier alpha value is -0.890. The van der Waals surface area contributed by atoms with E-state index < -0.39 is 10.0 Å². The van der Waals surface area contributed by atoms with Crippen LogP contribution in [0.3, 0.4) is 0 Å². The Balaban J connectivity index is 2.79. The lowest BCUT2D eigenvalue weighted by Crippen LogP contribution is -2.27. The summed E-state index contributed by atoms with van der Waals surface area (Å²) in [6, 6.07) is 1.28. The van der Waals surface area contributed by atoms with E-state index in [1.807, 2.05) is 0 Å². The number of anilines is 1. The number of hydrogen-bond donors (Lipinski definition) is 3. The summed E-state index contributed by atoms with van der Waals surface area (Å²) in [5, 5.41) is 3.15. The molecule has 0 aliphatic carbocycles. The molecular weight excluding hydrogens is 264 g/mol. The van der Waals surface area contributed by atoms with Gasteiger partial charge in [-0.2, -0.15) is 0 Å². The van der Waals surface area contributed by atoms with E-state index in [1.54, 1.807) is 7.05 Å². The first kappa shape index (κ1) is 14.2. The fourth-order valence-electron chi connectivity index (χ4n) is 1.20. The van der Waals surface area contributed by atoms with E-state index in [-0.39, 0.29) is 15.7 Å². The number of aromatic nitrogens is 1. The van der Waals surface area contributed by atoms with E-state index in [4.69, 9.17) is 17.3 Å². The van der Waals surface area contributed by atoms with Gasteiger partial charge in [-0.15, -0.1) is 0 Å². The highest BCUT2D eigenvalue weighted by molar-refractivity contribution is 7.89. The molecule has 8 heteroatoms. The second kappa shape index (κ2) is 6.15. The van der Waals surface area contributed by atoms with Crippen LogP contribution < -0.4 is 15.8 Å². The van der Waals surface area contributed by atoms with Gasteiger partial charge in [0.25, 0.3) is 0 Å². The summed E-state index contributed by atoms with van der Waals surface area (Å²) in [4.78, 5) is 3.62. The molecule has 0 bridgehead atoms. The highest BCUT2D eigenvalue weighted by atomic mass is 35.5. The lowest BCUT2D eigenvalue weighted by Gasteiger charge is -2.08. The molecule has 0 saturated heterocycles. The van der Waals surface area contributed by atoms with Gasteiger partial charge in [0.1, 0.15) is 10.7 Å². The Bertz CT molecular complexity index is 478. The fraction of sp³-hybridized carbons (Fsp3) is 0.444. The molecule has 1 aromatic rings. The summed E-state index contributed by atoms with van der Waals surface area (Å²) >= 11 is 5.69. The smallest absolute Gasteiger partial charge is 0.244 e. The molecular formula is C9H15ClN4O2S. The van der Waals surface area contributed by atoms with Crippen LogP contribution in [0, 0.1) is 0 Å². The van der Waals surface area contributed by atoms with Crippen molar-refractivity contribution >= 4 is 27.4 Å². The molecule has 0 atom stereocenters. The van der Waals surface area contributed by atoms with Gasteiger partial charge in [-0.05, 0) is 26.1 Å². The normalized spacial score (nSPS) is 11.6. The monoisotopic (exact) mass is 278 g/mol.